The molecule has 3 rings (SSSR count). The van der Waals surface area contributed by atoms with Crippen molar-refractivity contribution in [3.63, 3.8) is 0 Å². The summed E-state index contributed by atoms with van der Waals surface area (Å²) in [4.78, 5) is 28.0. The van der Waals surface area contributed by atoms with Gasteiger partial charge in [0.05, 0.1) is 10.6 Å². The zero-order valence-electron chi connectivity index (χ0n) is 20.5. The molecule has 1 N–H and O–H groups in total. The molecule has 3 aromatic rings. The molecule has 0 saturated carbocycles. The Morgan fingerprint density at radius 2 is 1.64 bits per heavy atom. The Bertz CT molecular complexity index is 1300. The van der Waals surface area contributed by atoms with E-state index in [-0.39, 0.29) is 17.3 Å². The summed E-state index contributed by atoms with van der Waals surface area (Å²) in [5.41, 5.74) is 2.15. The summed E-state index contributed by atoms with van der Waals surface area (Å²) >= 11 is 6.03. The first-order chi connectivity index (χ1) is 17.2. The fourth-order valence-corrected chi connectivity index (χ4v) is 5.51. The Morgan fingerprint density at radius 3 is 2.22 bits per heavy atom. The number of carbonyl (C=O) groups excluding carboxylic acids is 2. The van der Waals surface area contributed by atoms with Crippen LogP contribution in [0.3, 0.4) is 0 Å². The van der Waals surface area contributed by atoms with Gasteiger partial charge in [0.2, 0.25) is 11.8 Å². The minimum absolute atomic E-state index is 0.0522. The highest BCUT2D eigenvalue weighted by Crippen LogP contribution is 2.26. The van der Waals surface area contributed by atoms with E-state index in [1.54, 1.807) is 42.5 Å². The molecular formula is C27H30ClN3O4S. The molecule has 0 aromatic heterocycles. The second kappa shape index (κ2) is 12.1. The molecule has 36 heavy (non-hydrogen) atoms. The molecule has 0 bridgehead atoms. The summed E-state index contributed by atoms with van der Waals surface area (Å²) in [5.74, 6) is -0.816. The highest BCUT2D eigenvalue weighted by atomic mass is 35.5. The lowest BCUT2D eigenvalue weighted by Crippen LogP contribution is -2.51. The van der Waals surface area contributed by atoms with Gasteiger partial charge < -0.3 is 10.2 Å². The van der Waals surface area contributed by atoms with E-state index in [0.717, 1.165) is 15.4 Å². The van der Waals surface area contributed by atoms with E-state index < -0.39 is 28.5 Å². The topological polar surface area (TPSA) is 86.8 Å². The molecule has 1 atom stereocenters. The van der Waals surface area contributed by atoms with Gasteiger partial charge in [-0.3, -0.25) is 13.9 Å². The van der Waals surface area contributed by atoms with Crippen LogP contribution in [0.15, 0.2) is 83.8 Å². The zero-order valence-corrected chi connectivity index (χ0v) is 22.1. The predicted octanol–water partition coefficient (Wildman–Crippen LogP) is 4.40. The Morgan fingerprint density at radius 1 is 0.972 bits per heavy atom. The number of benzene rings is 3. The maximum atomic E-state index is 13.8. The minimum atomic E-state index is -4.09. The lowest BCUT2D eigenvalue weighted by Gasteiger charge is -2.33. The van der Waals surface area contributed by atoms with Gasteiger partial charge in [0.1, 0.15) is 12.6 Å². The molecule has 2 amide bonds. The number of rotatable bonds is 10. The average Bonchev–Trinajstić information content (AvgIpc) is 2.88. The number of nitrogens with one attached hydrogen (secondary N) is 1. The fraction of sp³-hybridized carbons (Fsp3) is 0.259. The summed E-state index contributed by atoms with van der Waals surface area (Å²) in [6.07, 6.45) is 0.365. The van der Waals surface area contributed by atoms with Crippen molar-refractivity contribution in [1.82, 2.24) is 10.2 Å². The quantitative estimate of drug-likeness (QED) is 0.423. The summed E-state index contributed by atoms with van der Waals surface area (Å²) < 4.78 is 28.4. The Hall–Kier alpha value is -3.36. The number of amides is 2. The third-order valence-corrected chi connectivity index (χ3v) is 7.83. The Labute approximate surface area is 217 Å². The Balaban J connectivity index is 2.04. The van der Waals surface area contributed by atoms with Crippen LogP contribution in [0.25, 0.3) is 0 Å². The number of halogens is 1. The minimum Gasteiger partial charge on any atom is -0.357 e. The summed E-state index contributed by atoms with van der Waals surface area (Å²) in [6, 6.07) is 21.0. The van der Waals surface area contributed by atoms with Crippen molar-refractivity contribution in [3.8, 4) is 0 Å². The highest BCUT2D eigenvalue weighted by Gasteiger charge is 2.33. The molecule has 0 unspecified atom stereocenters. The van der Waals surface area contributed by atoms with Crippen LogP contribution in [0.2, 0.25) is 5.02 Å². The summed E-state index contributed by atoms with van der Waals surface area (Å²) in [7, 11) is -2.58. The van der Waals surface area contributed by atoms with Crippen molar-refractivity contribution >= 4 is 39.1 Å². The molecule has 0 aliphatic heterocycles. The number of hydrogen-bond acceptors (Lipinski definition) is 4. The first-order valence-electron chi connectivity index (χ1n) is 11.6. The molecule has 0 aliphatic rings. The van der Waals surface area contributed by atoms with Gasteiger partial charge in [0, 0.05) is 18.6 Å². The van der Waals surface area contributed by atoms with Crippen LogP contribution in [0.5, 0.6) is 0 Å². The van der Waals surface area contributed by atoms with Crippen LogP contribution < -0.4 is 9.62 Å². The van der Waals surface area contributed by atoms with Crippen LogP contribution in [-0.2, 0) is 26.2 Å². The number of hydrogen-bond donors (Lipinski definition) is 1. The molecule has 9 heteroatoms. The van der Waals surface area contributed by atoms with Crippen molar-refractivity contribution in [2.75, 3.05) is 17.9 Å². The first kappa shape index (κ1) is 27.2. The molecule has 0 fully saturated rings. The second-order valence-corrected chi connectivity index (χ2v) is 10.6. The van der Waals surface area contributed by atoms with E-state index >= 15 is 0 Å². The van der Waals surface area contributed by atoms with E-state index in [4.69, 9.17) is 11.6 Å². The van der Waals surface area contributed by atoms with Gasteiger partial charge in [-0.2, -0.15) is 0 Å². The van der Waals surface area contributed by atoms with E-state index in [2.05, 4.69) is 5.32 Å². The van der Waals surface area contributed by atoms with E-state index in [0.29, 0.717) is 17.1 Å². The van der Waals surface area contributed by atoms with Gasteiger partial charge in [-0.15, -0.1) is 0 Å². The molecule has 190 valence electrons. The first-order valence-corrected chi connectivity index (χ1v) is 13.4. The predicted molar refractivity (Wildman–Crippen MR) is 142 cm³/mol. The van der Waals surface area contributed by atoms with Crippen LogP contribution >= 0.6 is 11.6 Å². The number of carbonyl (C=O) groups is 2. The smallest absolute Gasteiger partial charge is 0.264 e. The molecule has 7 nitrogen and oxygen atoms in total. The number of nitrogens with zero attached hydrogens (tertiary/aromatic N) is 2. The maximum Gasteiger partial charge on any atom is 0.264 e. The van der Waals surface area contributed by atoms with Gasteiger partial charge >= 0.3 is 0 Å². The lowest BCUT2D eigenvalue weighted by molar-refractivity contribution is -0.140. The maximum absolute atomic E-state index is 13.8. The van der Waals surface area contributed by atoms with Crippen molar-refractivity contribution in [2.45, 2.75) is 37.8 Å². The number of sulfonamides is 1. The third-order valence-electron chi connectivity index (χ3n) is 5.79. The van der Waals surface area contributed by atoms with Crippen molar-refractivity contribution in [1.29, 1.82) is 0 Å². The lowest BCUT2D eigenvalue weighted by atomic mass is 10.1. The monoisotopic (exact) mass is 527 g/mol. The van der Waals surface area contributed by atoms with Crippen LogP contribution in [0.1, 0.15) is 24.5 Å². The van der Waals surface area contributed by atoms with Crippen LogP contribution in [0, 0.1) is 6.92 Å². The molecule has 0 heterocycles. The molecule has 0 spiro atoms. The number of anilines is 1. The highest BCUT2D eigenvalue weighted by molar-refractivity contribution is 7.92. The van der Waals surface area contributed by atoms with Crippen molar-refractivity contribution in [3.05, 3.63) is 95.0 Å². The zero-order chi connectivity index (χ0) is 26.3. The Kier molecular flexibility index (Phi) is 9.12. The number of aryl methyl sites for hydroxylation is 1. The molecule has 3 aromatic carbocycles. The molecular weight excluding hydrogens is 498 g/mol. The van der Waals surface area contributed by atoms with E-state index in [9.17, 15) is 18.0 Å². The van der Waals surface area contributed by atoms with Crippen LogP contribution in [0.4, 0.5) is 5.69 Å². The van der Waals surface area contributed by atoms with Gasteiger partial charge in [0.25, 0.3) is 10.0 Å². The SMILES string of the molecule is CC[C@H](C(=O)NC)N(Cc1cccc(C)c1)C(=O)CN(c1ccc(Cl)cc1)S(=O)(=O)c1ccccc1. The molecule has 0 saturated heterocycles. The largest absolute Gasteiger partial charge is 0.357 e. The summed E-state index contributed by atoms with van der Waals surface area (Å²) in [5, 5.41) is 3.06. The second-order valence-electron chi connectivity index (χ2n) is 8.35. The summed E-state index contributed by atoms with van der Waals surface area (Å²) in [6.45, 7) is 3.43. The number of likely N-dealkylation sites (N-methyl/N-ethyl adjacent to an activating group) is 1. The van der Waals surface area contributed by atoms with Gasteiger partial charge in [-0.1, -0.05) is 66.6 Å². The van der Waals surface area contributed by atoms with Crippen molar-refractivity contribution in [2.24, 2.45) is 0 Å². The van der Waals surface area contributed by atoms with E-state index in [1.807, 2.05) is 38.1 Å². The molecule has 0 radical (unpaired) electrons. The van der Waals surface area contributed by atoms with Gasteiger partial charge in [-0.05, 0) is 55.3 Å². The van der Waals surface area contributed by atoms with Crippen molar-refractivity contribution < 1.29 is 18.0 Å². The van der Waals surface area contributed by atoms with Crippen LogP contribution in [-0.4, -0.2) is 44.8 Å². The van der Waals surface area contributed by atoms with Gasteiger partial charge in [0.15, 0.2) is 0 Å². The standard InChI is InChI=1S/C27H30ClN3O4S/c1-4-25(27(33)29-3)30(18-21-10-8-9-20(2)17-21)26(32)19-31(23-15-13-22(28)14-16-23)36(34,35)24-11-6-5-7-12-24/h5-17,25H,4,18-19H2,1-3H3,(H,29,33)/t25-/m1/s1. The van der Waals surface area contributed by atoms with E-state index in [1.165, 1.54) is 24.1 Å². The van der Waals surface area contributed by atoms with Gasteiger partial charge in [-0.25, -0.2) is 8.42 Å². The fourth-order valence-electron chi connectivity index (χ4n) is 3.95. The average molecular weight is 528 g/mol. The third kappa shape index (κ3) is 6.44. The normalized spacial score (nSPS) is 12.0. The molecule has 0 aliphatic carbocycles.